The number of likely N-dealkylation sites (N-methyl/N-ethyl adjacent to an activating group) is 1. The third kappa shape index (κ3) is 3.72. The van der Waals surface area contributed by atoms with Gasteiger partial charge in [0.05, 0.1) is 6.54 Å². The molecule has 1 aromatic carbocycles. The first-order valence-electron chi connectivity index (χ1n) is 8.34. The molecule has 0 bridgehead atoms. The van der Waals surface area contributed by atoms with Crippen LogP contribution in [0.1, 0.15) is 33.1 Å². The van der Waals surface area contributed by atoms with Gasteiger partial charge in [0, 0.05) is 29.6 Å². The average Bonchev–Trinajstić information content (AvgIpc) is 3.11. The summed E-state index contributed by atoms with van der Waals surface area (Å²) in [5, 5.41) is 4.06. The number of nitrogens with zero attached hydrogens (tertiary/aromatic N) is 3. The van der Waals surface area contributed by atoms with Crippen LogP contribution in [0.15, 0.2) is 47.0 Å². The topological polar surface area (TPSA) is 51.3 Å². The highest BCUT2D eigenvalue weighted by molar-refractivity contribution is 5.99. The third-order valence-electron chi connectivity index (χ3n) is 4.29. The minimum absolute atomic E-state index is 0.109. The maximum absolute atomic E-state index is 12.8. The van der Waals surface area contributed by atoms with Crippen LogP contribution in [0.5, 0.6) is 0 Å². The van der Waals surface area contributed by atoms with Crippen molar-refractivity contribution in [3.05, 3.63) is 70.7 Å². The molecule has 0 N–H and O–H groups in total. The average molecular weight is 337 g/mol. The summed E-state index contributed by atoms with van der Waals surface area (Å²) in [6.07, 6.45) is 0. The second-order valence-electron chi connectivity index (χ2n) is 6.50. The van der Waals surface area contributed by atoms with Crippen molar-refractivity contribution in [3.63, 3.8) is 0 Å². The van der Waals surface area contributed by atoms with E-state index in [1.54, 1.807) is 0 Å². The van der Waals surface area contributed by atoms with Gasteiger partial charge in [-0.25, -0.2) is 0 Å². The lowest BCUT2D eigenvalue weighted by atomic mass is 10.1. The highest BCUT2D eigenvalue weighted by atomic mass is 16.5. The molecule has 25 heavy (non-hydrogen) atoms. The molecule has 3 rings (SSSR count). The number of carbonyl (C=O) groups excluding carboxylic acids is 1. The largest absolute Gasteiger partial charge is 0.360 e. The highest BCUT2D eigenvalue weighted by Gasteiger charge is 2.19. The van der Waals surface area contributed by atoms with Crippen molar-refractivity contribution < 1.29 is 9.32 Å². The Balaban J connectivity index is 1.76. The van der Waals surface area contributed by atoms with E-state index in [1.165, 1.54) is 5.56 Å². The lowest BCUT2D eigenvalue weighted by Crippen LogP contribution is -2.25. The van der Waals surface area contributed by atoms with Gasteiger partial charge in [-0.1, -0.05) is 35.5 Å². The van der Waals surface area contributed by atoms with E-state index in [9.17, 15) is 4.79 Å². The molecule has 5 heteroatoms. The number of benzene rings is 1. The molecule has 130 valence electrons. The molecule has 0 radical (unpaired) electrons. The number of aryl methyl sites for hydroxylation is 2. The van der Waals surface area contributed by atoms with E-state index in [2.05, 4.69) is 17.3 Å². The summed E-state index contributed by atoms with van der Waals surface area (Å²) in [5.41, 5.74) is 3.79. The fourth-order valence-electron chi connectivity index (χ4n) is 3.14. The first-order valence-corrected chi connectivity index (χ1v) is 8.34. The number of hydrogen-bond acceptors (Lipinski definition) is 4. The van der Waals surface area contributed by atoms with Crippen LogP contribution in [0, 0.1) is 20.8 Å². The Morgan fingerprint density at radius 3 is 2.52 bits per heavy atom. The molecule has 0 saturated carbocycles. The lowest BCUT2D eigenvalue weighted by molar-refractivity contribution is 0.0942. The summed E-state index contributed by atoms with van der Waals surface area (Å²) in [5.74, 6) is 1.57. The number of ketones is 1. The van der Waals surface area contributed by atoms with Crippen molar-refractivity contribution in [2.75, 3.05) is 13.6 Å². The van der Waals surface area contributed by atoms with Gasteiger partial charge in [-0.3, -0.25) is 14.3 Å². The van der Waals surface area contributed by atoms with Gasteiger partial charge in [0.1, 0.15) is 5.76 Å². The smallest absolute Gasteiger partial charge is 0.180 e. The lowest BCUT2D eigenvalue weighted by Gasteiger charge is -2.15. The molecule has 3 aromatic rings. The zero-order valence-electron chi connectivity index (χ0n) is 15.1. The Morgan fingerprint density at radius 2 is 1.88 bits per heavy atom. The second-order valence-corrected chi connectivity index (χ2v) is 6.50. The van der Waals surface area contributed by atoms with Gasteiger partial charge in [0.2, 0.25) is 0 Å². The van der Waals surface area contributed by atoms with E-state index in [0.717, 1.165) is 29.3 Å². The highest BCUT2D eigenvalue weighted by Crippen LogP contribution is 2.21. The molecule has 2 heterocycles. The molecule has 2 aromatic heterocycles. The van der Waals surface area contributed by atoms with Gasteiger partial charge >= 0.3 is 0 Å². The van der Waals surface area contributed by atoms with Crippen LogP contribution >= 0.6 is 0 Å². The summed E-state index contributed by atoms with van der Waals surface area (Å²) in [6, 6.07) is 14.0. The molecule has 0 saturated heterocycles. The zero-order valence-corrected chi connectivity index (χ0v) is 15.1. The summed E-state index contributed by atoms with van der Waals surface area (Å²) in [7, 11) is 1.96. The fourth-order valence-corrected chi connectivity index (χ4v) is 3.14. The molecular weight excluding hydrogens is 314 g/mol. The SMILES string of the molecule is Cc1cc(-n2c(C)cc(C(=O)CN(C)Cc3ccccc3)c2C)no1. The molecule has 5 nitrogen and oxygen atoms in total. The molecule has 0 fully saturated rings. The van der Waals surface area contributed by atoms with Gasteiger partial charge < -0.3 is 4.52 Å². The summed E-state index contributed by atoms with van der Waals surface area (Å²) in [4.78, 5) is 14.8. The minimum Gasteiger partial charge on any atom is -0.360 e. The first kappa shape index (κ1) is 17.2. The van der Waals surface area contributed by atoms with Crippen molar-refractivity contribution in [3.8, 4) is 5.82 Å². The summed E-state index contributed by atoms with van der Waals surface area (Å²) in [6.45, 7) is 6.89. The molecule has 0 aliphatic carbocycles. The van der Waals surface area contributed by atoms with Gasteiger partial charge in [-0.05, 0) is 39.4 Å². The Hall–Kier alpha value is -2.66. The molecule has 0 amide bonds. The monoisotopic (exact) mass is 337 g/mol. The number of rotatable bonds is 6. The molecule has 0 spiro atoms. The summed E-state index contributed by atoms with van der Waals surface area (Å²) < 4.78 is 7.12. The van der Waals surface area contributed by atoms with E-state index in [1.807, 2.05) is 67.6 Å². The van der Waals surface area contributed by atoms with Crippen LogP contribution in [0.25, 0.3) is 5.82 Å². The Kier molecular flexibility index (Phi) is 4.86. The molecule has 0 aliphatic rings. The summed E-state index contributed by atoms with van der Waals surface area (Å²) >= 11 is 0. The number of aromatic nitrogens is 2. The van der Waals surface area contributed by atoms with Crippen LogP contribution in [-0.2, 0) is 6.54 Å². The van der Waals surface area contributed by atoms with E-state index in [0.29, 0.717) is 12.4 Å². The van der Waals surface area contributed by atoms with Gasteiger partial charge in [-0.2, -0.15) is 0 Å². The first-order chi connectivity index (χ1) is 12.0. The van der Waals surface area contributed by atoms with Crippen LogP contribution < -0.4 is 0 Å². The van der Waals surface area contributed by atoms with Crippen LogP contribution in [0.3, 0.4) is 0 Å². The molecular formula is C20H23N3O2. The molecule has 0 unspecified atom stereocenters. The zero-order chi connectivity index (χ0) is 18.0. The number of Topliss-reactive ketones (excluding diaryl/α,β-unsaturated/α-hetero) is 1. The third-order valence-corrected chi connectivity index (χ3v) is 4.29. The maximum atomic E-state index is 12.8. The predicted molar refractivity (Wildman–Crippen MR) is 97.1 cm³/mol. The minimum atomic E-state index is 0.109. The van der Waals surface area contributed by atoms with E-state index in [4.69, 9.17) is 4.52 Å². The number of hydrogen-bond donors (Lipinski definition) is 0. The molecule has 0 aliphatic heterocycles. The normalized spacial score (nSPS) is 11.2. The van der Waals surface area contributed by atoms with Crippen molar-refractivity contribution in [2.45, 2.75) is 27.3 Å². The Morgan fingerprint density at radius 1 is 1.16 bits per heavy atom. The van der Waals surface area contributed by atoms with Crippen molar-refractivity contribution in [1.29, 1.82) is 0 Å². The quantitative estimate of drug-likeness (QED) is 0.644. The van der Waals surface area contributed by atoms with Gasteiger partial charge in [0.25, 0.3) is 0 Å². The van der Waals surface area contributed by atoms with Crippen molar-refractivity contribution in [2.24, 2.45) is 0 Å². The fraction of sp³-hybridized carbons (Fsp3) is 0.300. The van der Waals surface area contributed by atoms with Gasteiger partial charge in [-0.15, -0.1) is 0 Å². The van der Waals surface area contributed by atoms with Crippen LogP contribution in [-0.4, -0.2) is 34.0 Å². The van der Waals surface area contributed by atoms with Gasteiger partial charge in [0.15, 0.2) is 11.6 Å². The van der Waals surface area contributed by atoms with Crippen molar-refractivity contribution >= 4 is 5.78 Å². The van der Waals surface area contributed by atoms with E-state index >= 15 is 0 Å². The second kappa shape index (κ2) is 7.07. The predicted octanol–water partition coefficient (Wildman–Crippen LogP) is 3.71. The van der Waals surface area contributed by atoms with E-state index < -0.39 is 0 Å². The maximum Gasteiger partial charge on any atom is 0.180 e. The Labute approximate surface area is 147 Å². The van der Waals surface area contributed by atoms with E-state index in [-0.39, 0.29) is 5.78 Å². The van der Waals surface area contributed by atoms with Crippen LogP contribution in [0.4, 0.5) is 0 Å². The van der Waals surface area contributed by atoms with Crippen LogP contribution in [0.2, 0.25) is 0 Å². The standard InChI is InChI=1S/C20H23N3O2/c1-14-10-18(16(3)23(14)20-11-15(2)25-21-20)19(24)13-22(4)12-17-8-6-5-7-9-17/h5-11H,12-13H2,1-4H3. The number of carbonyl (C=O) groups is 1. The molecule has 0 atom stereocenters. The van der Waals surface area contributed by atoms with Crippen molar-refractivity contribution in [1.82, 2.24) is 14.6 Å². The Bertz CT molecular complexity index is 878.